The zero-order valence-corrected chi connectivity index (χ0v) is 41.0. The molecule has 0 aliphatic carbocycles. The van der Waals surface area contributed by atoms with Crippen molar-refractivity contribution < 1.29 is 56.8 Å². The third kappa shape index (κ3) is 35.1. The van der Waals surface area contributed by atoms with E-state index >= 15 is 0 Å². The van der Waals surface area contributed by atoms with Gasteiger partial charge in [-0.1, -0.05) is 198 Å². The number of unbranched alkanes of at least 4 members (excludes halogenated alkanes) is 28. The van der Waals surface area contributed by atoms with E-state index in [1.165, 1.54) is 160 Å². The number of hydrogen-bond donors (Lipinski definition) is 4. The second-order valence-electron chi connectivity index (χ2n) is 17.9. The van der Waals surface area contributed by atoms with Gasteiger partial charge in [0.2, 0.25) is 0 Å². The predicted octanol–water partition coefficient (Wildman–Crippen LogP) is 11.3. The van der Waals surface area contributed by atoms with E-state index in [0.29, 0.717) is 6.42 Å². The van der Waals surface area contributed by atoms with E-state index < -0.39 is 71.2 Å². The van der Waals surface area contributed by atoms with Crippen LogP contribution >= 0.6 is 0 Å². The number of rotatable bonds is 43. The molecule has 1 fully saturated rings. The fourth-order valence-corrected chi connectivity index (χ4v) is 8.51. The molecule has 1 aliphatic heterocycles. The molecule has 1 heterocycles. The smallest absolute Gasteiger partial charge is 0.331 e. The number of ether oxygens (including phenoxy) is 4. The number of aliphatic hydroxyl groups excluding tert-OH is 3. The molecule has 0 aromatic carbocycles. The molecule has 64 heavy (non-hydrogen) atoms. The maximum Gasteiger partial charge on any atom is 0.331 e. The normalized spacial score (nSPS) is 19.9. The largest absolute Gasteiger partial charge is 0.462 e. The van der Waals surface area contributed by atoms with Crippen LogP contribution < -0.4 is 0 Å². The molecule has 374 valence electrons. The van der Waals surface area contributed by atoms with Gasteiger partial charge in [-0.25, -0.2) is 4.79 Å². The molecule has 0 saturated carbocycles. The van der Waals surface area contributed by atoms with Gasteiger partial charge in [0.05, 0.1) is 6.61 Å². The molecule has 2 unspecified atom stereocenters. The van der Waals surface area contributed by atoms with Crippen LogP contribution in [-0.2, 0) is 38.7 Å². The number of allylic oxidation sites excluding steroid dienone is 5. The molecule has 0 aromatic rings. The highest BCUT2D eigenvalue weighted by Gasteiger charge is 2.46. The SMILES string of the molecule is CCCCCCCC/C=C/CCCCCCCCCCCCCC(=O)OC[C@H](CO[C@H]1O[C@H](CS(=O)(=O)O)[C@@H](O)C(O)C1O)OC(=O)/C=C/C=C/CCCCCCCCCCCCC. The lowest BCUT2D eigenvalue weighted by molar-refractivity contribution is -0.297. The summed E-state index contributed by atoms with van der Waals surface area (Å²) in [6, 6.07) is 0. The van der Waals surface area contributed by atoms with Crippen LogP contribution in [0.2, 0.25) is 0 Å². The average molecular weight is 929 g/mol. The van der Waals surface area contributed by atoms with Crippen LogP contribution in [0, 0.1) is 0 Å². The van der Waals surface area contributed by atoms with Crippen molar-refractivity contribution in [1.82, 2.24) is 0 Å². The number of aliphatic hydroxyl groups is 3. The highest BCUT2D eigenvalue weighted by atomic mass is 32.2. The summed E-state index contributed by atoms with van der Waals surface area (Å²) in [5.74, 6) is -2.24. The molecule has 0 radical (unpaired) electrons. The third-order valence-electron chi connectivity index (χ3n) is 11.8. The van der Waals surface area contributed by atoms with E-state index in [-0.39, 0.29) is 13.0 Å². The molecule has 13 heteroatoms. The van der Waals surface area contributed by atoms with Gasteiger partial charge in [0.1, 0.15) is 36.8 Å². The lowest BCUT2D eigenvalue weighted by Crippen LogP contribution is -2.60. The lowest BCUT2D eigenvalue weighted by atomic mass is 10.00. The summed E-state index contributed by atoms with van der Waals surface area (Å²) >= 11 is 0. The molecule has 12 nitrogen and oxygen atoms in total. The average Bonchev–Trinajstić information content (AvgIpc) is 3.26. The fraction of sp³-hybridized carbons (Fsp3) is 0.843. The van der Waals surface area contributed by atoms with Gasteiger partial charge in [0, 0.05) is 12.5 Å². The van der Waals surface area contributed by atoms with Crippen molar-refractivity contribution in [2.24, 2.45) is 0 Å². The van der Waals surface area contributed by atoms with Crippen LogP contribution in [0.3, 0.4) is 0 Å². The highest BCUT2D eigenvalue weighted by Crippen LogP contribution is 2.24. The highest BCUT2D eigenvalue weighted by molar-refractivity contribution is 7.85. The minimum atomic E-state index is -4.61. The van der Waals surface area contributed by atoms with Crippen LogP contribution in [0.1, 0.15) is 219 Å². The molecule has 4 N–H and O–H groups in total. The molecule has 0 bridgehead atoms. The first kappa shape index (κ1) is 59.9. The summed E-state index contributed by atoms with van der Waals surface area (Å²) in [4.78, 5) is 25.4. The van der Waals surface area contributed by atoms with Crippen molar-refractivity contribution in [2.75, 3.05) is 19.0 Å². The predicted molar refractivity (Wildman–Crippen MR) is 256 cm³/mol. The quantitative estimate of drug-likeness (QED) is 0.0113. The van der Waals surface area contributed by atoms with Gasteiger partial charge in [0.25, 0.3) is 10.1 Å². The molecular weight excluding hydrogens is 837 g/mol. The monoisotopic (exact) mass is 929 g/mol. The summed E-state index contributed by atoms with van der Waals surface area (Å²) in [5, 5.41) is 30.9. The topological polar surface area (TPSA) is 186 Å². The van der Waals surface area contributed by atoms with Gasteiger partial charge in [-0.05, 0) is 44.9 Å². The number of esters is 2. The van der Waals surface area contributed by atoms with Crippen LogP contribution in [0.4, 0.5) is 0 Å². The lowest BCUT2D eigenvalue weighted by Gasteiger charge is -2.40. The molecule has 0 aromatic heterocycles. The molecule has 1 rings (SSSR count). The Morgan fingerprint density at radius 1 is 0.562 bits per heavy atom. The minimum Gasteiger partial charge on any atom is -0.462 e. The molecule has 1 aliphatic rings. The van der Waals surface area contributed by atoms with E-state index in [9.17, 15) is 37.9 Å². The van der Waals surface area contributed by atoms with Gasteiger partial charge >= 0.3 is 11.9 Å². The van der Waals surface area contributed by atoms with Crippen molar-refractivity contribution in [3.63, 3.8) is 0 Å². The Kier molecular flexibility index (Phi) is 38.4. The van der Waals surface area contributed by atoms with Crippen molar-refractivity contribution >= 4 is 22.1 Å². The van der Waals surface area contributed by atoms with E-state index in [1.807, 2.05) is 6.08 Å². The van der Waals surface area contributed by atoms with Crippen molar-refractivity contribution in [2.45, 2.75) is 256 Å². The minimum absolute atomic E-state index is 0.200. The zero-order valence-electron chi connectivity index (χ0n) is 40.1. The first-order chi connectivity index (χ1) is 31.0. The first-order valence-corrected chi connectivity index (χ1v) is 27.2. The second kappa shape index (κ2) is 41.1. The number of carbonyl (C=O) groups is 2. The van der Waals surface area contributed by atoms with Crippen molar-refractivity contribution in [1.29, 1.82) is 0 Å². The Morgan fingerprint density at radius 2 is 1.00 bits per heavy atom. The summed E-state index contributed by atoms with van der Waals surface area (Å²) in [7, 11) is -4.61. The first-order valence-electron chi connectivity index (χ1n) is 25.6. The molecule has 0 amide bonds. The van der Waals surface area contributed by atoms with Crippen LogP contribution in [0.5, 0.6) is 0 Å². The number of hydrogen-bond acceptors (Lipinski definition) is 11. The van der Waals surface area contributed by atoms with E-state index in [4.69, 9.17) is 18.9 Å². The molecule has 6 atom stereocenters. The maximum atomic E-state index is 12.7. The Bertz CT molecular complexity index is 1320. The Hall–Kier alpha value is -2.13. The van der Waals surface area contributed by atoms with Gasteiger partial charge < -0.3 is 34.3 Å². The Labute approximate surface area is 389 Å². The fourth-order valence-electron chi connectivity index (χ4n) is 7.82. The standard InChI is InChI=1S/C51H92O12S/c1-3-5-7-9-11-13-15-17-19-20-21-22-23-24-26-27-29-31-33-35-37-39-46(52)60-41-44(42-61-51-50(56)49(55)48(54)45(63-51)43-64(57,58)59)62-47(53)40-38-36-34-32-30-28-25-18-16-14-12-10-8-6-4-2/h17,19,34,36,38,40,44-45,48-51,54-56H,3-16,18,20-33,35,37,39,41-43H2,1-2H3,(H,57,58,59)/b19-17+,36-34+,40-38+/t44-,45-,48-,49?,50?,51+/m1/s1. The van der Waals surface area contributed by atoms with Crippen molar-refractivity contribution in [3.05, 3.63) is 36.5 Å². The zero-order chi connectivity index (χ0) is 46.9. The van der Waals surface area contributed by atoms with E-state index in [1.54, 1.807) is 12.2 Å². The molecule has 0 spiro atoms. The van der Waals surface area contributed by atoms with Gasteiger partial charge in [-0.15, -0.1) is 0 Å². The van der Waals surface area contributed by atoms with Gasteiger partial charge in [-0.3, -0.25) is 9.35 Å². The second-order valence-corrected chi connectivity index (χ2v) is 19.4. The van der Waals surface area contributed by atoms with Crippen LogP contribution in [0.15, 0.2) is 36.5 Å². The van der Waals surface area contributed by atoms with E-state index in [2.05, 4.69) is 26.0 Å². The van der Waals surface area contributed by atoms with Gasteiger partial charge in [0.15, 0.2) is 12.4 Å². The van der Waals surface area contributed by atoms with Gasteiger partial charge in [-0.2, -0.15) is 8.42 Å². The molecule has 1 saturated heterocycles. The van der Waals surface area contributed by atoms with E-state index in [0.717, 1.165) is 38.5 Å². The summed E-state index contributed by atoms with van der Waals surface area (Å²) in [6.45, 7) is 3.68. The molecular formula is C51H92O12S. The van der Waals surface area contributed by atoms with Crippen LogP contribution in [0.25, 0.3) is 0 Å². The third-order valence-corrected chi connectivity index (χ3v) is 12.5. The Balaban J connectivity index is 2.40. The summed E-state index contributed by atoms with van der Waals surface area (Å²) in [5.41, 5.74) is 0. The van der Waals surface area contributed by atoms with Crippen LogP contribution in [-0.4, -0.2) is 96.0 Å². The van der Waals surface area contributed by atoms with Crippen molar-refractivity contribution in [3.8, 4) is 0 Å². The number of carbonyl (C=O) groups excluding carboxylic acids is 2. The summed E-state index contributed by atoms with van der Waals surface area (Å²) < 4.78 is 54.0. The maximum absolute atomic E-state index is 12.7. The Morgan fingerprint density at radius 3 is 1.47 bits per heavy atom. The summed E-state index contributed by atoms with van der Waals surface area (Å²) in [6.07, 6.45) is 39.6.